The fraction of sp³-hybridized carbons (Fsp3) is 0.355. The van der Waals surface area contributed by atoms with Gasteiger partial charge in [-0.25, -0.2) is 4.79 Å². The molecule has 0 heterocycles. The molecule has 0 aromatic heterocycles. The first-order valence-electron chi connectivity index (χ1n) is 12.6. The molecule has 1 amide bonds. The van der Waals surface area contributed by atoms with Crippen LogP contribution in [0.2, 0.25) is 0 Å². The number of methoxy groups -OCH3 is 1. The normalized spacial score (nSPS) is 15.5. The van der Waals surface area contributed by atoms with Gasteiger partial charge in [0.1, 0.15) is 0 Å². The lowest BCUT2D eigenvalue weighted by atomic mass is 9.63. The zero-order valence-corrected chi connectivity index (χ0v) is 22.1. The second kappa shape index (κ2) is 9.81. The molecule has 0 bridgehead atoms. The molecule has 1 N–H and O–H groups in total. The average molecular weight is 485 g/mol. The van der Waals surface area contributed by atoms with E-state index in [1.54, 1.807) is 24.3 Å². The van der Waals surface area contributed by atoms with Gasteiger partial charge in [0, 0.05) is 17.8 Å². The lowest BCUT2D eigenvalue weighted by Gasteiger charge is -2.42. The van der Waals surface area contributed by atoms with Crippen LogP contribution >= 0.6 is 0 Å². The van der Waals surface area contributed by atoms with Crippen molar-refractivity contribution in [2.45, 2.75) is 58.3 Å². The van der Waals surface area contributed by atoms with Crippen molar-refractivity contribution >= 4 is 28.9 Å². The predicted molar refractivity (Wildman–Crippen MR) is 147 cm³/mol. The Bertz CT molecular complexity index is 1280. The summed E-state index contributed by atoms with van der Waals surface area (Å²) < 4.78 is 4.74. The molecular weight excluding hydrogens is 448 g/mol. The molecule has 4 rings (SSSR count). The fourth-order valence-electron chi connectivity index (χ4n) is 5.12. The molecule has 5 nitrogen and oxygen atoms in total. The summed E-state index contributed by atoms with van der Waals surface area (Å²) in [5.74, 6) is -0.661. The summed E-state index contributed by atoms with van der Waals surface area (Å²) in [6, 6.07) is 21.2. The molecule has 0 radical (unpaired) electrons. The number of fused-ring (bicyclic) bond motifs is 1. The number of hydrogen-bond acceptors (Lipinski definition) is 4. The van der Waals surface area contributed by atoms with Gasteiger partial charge in [-0.15, -0.1) is 0 Å². The second-order valence-electron chi connectivity index (χ2n) is 10.8. The topological polar surface area (TPSA) is 58.6 Å². The van der Waals surface area contributed by atoms with E-state index in [0.717, 1.165) is 30.0 Å². The van der Waals surface area contributed by atoms with Crippen molar-refractivity contribution in [1.82, 2.24) is 0 Å². The van der Waals surface area contributed by atoms with E-state index in [2.05, 4.69) is 63.0 Å². The number of ether oxygens (including phenoxy) is 1. The highest BCUT2D eigenvalue weighted by Crippen LogP contribution is 2.47. The van der Waals surface area contributed by atoms with Gasteiger partial charge in [0.25, 0.3) is 5.91 Å². The molecule has 0 unspecified atom stereocenters. The fourth-order valence-corrected chi connectivity index (χ4v) is 5.12. The Morgan fingerprint density at radius 2 is 1.47 bits per heavy atom. The van der Waals surface area contributed by atoms with E-state index in [1.807, 2.05) is 24.3 Å². The maximum atomic E-state index is 13.1. The Balaban J connectivity index is 1.66. The van der Waals surface area contributed by atoms with Crippen LogP contribution in [0.4, 0.5) is 17.1 Å². The van der Waals surface area contributed by atoms with Gasteiger partial charge in [-0.05, 0) is 90.3 Å². The zero-order valence-electron chi connectivity index (χ0n) is 22.1. The monoisotopic (exact) mass is 484 g/mol. The molecule has 0 saturated heterocycles. The van der Waals surface area contributed by atoms with E-state index in [1.165, 1.54) is 24.7 Å². The van der Waals surface area contributed by atoms with Gasteiger partial charge in [0.2, 0.25) is 0 Å². The van der Waals surface area contributed by atoms with Gasteiger partial charge < -0.3 is 15.0 Å². The van der Waals surface area contributed by atoms with E-state index in [9.17, 15) is 9.59 Å². The molecule has 5 heteroatoms. The van der Waals surface area contributed by atoms with Crippen molar-refractivity contribution in [2.24, 2.45) is 0 Å². The summed E-state index contributed by atoms with van der Waals surface area (Å²) in [7, 11) is 1.34. The van der Waals surface area contributed by atoms with Gasteiger partial charge >= 0.3 is 5.97 Å². The molecule has 0 saturated carbocycles. The van der Waals surface area contributed by atoms with Crippen molar-refractivity contribution in [3.63, 3.8) is 0 Å². The number of nitrogens with one attached hydrogen (secondary N) is 1. The molecule has 3 aromatic carbocycles. The van der Waals surface area contributed by atoms with Gasteiger partial charge in [0.15, 0.2) is 0 Å². The Morgan fingerprint density at radius 1 is 0.861 bits per heavy atom. The first-order chi connectivity index (χ1) is 17.1. The van der Waals surface area contributed by atoms with Crippen LogP contribution in [0.3, 0.4) is 0 Å². The molecule has 3 aromatic rings. The number of esters is 1. The number of carbonyl (C=O) groups is 2. The van der Waals surface area contributed by atoms with Crippen molar-refractivity contribution in [1.29, 1.82) is 0 Å². The van der Waals surface area contributed by atoms with Crippen LogP contribution in [0.5, 0.6) is 0 Å². The maximum Gasteiger partial charge on any atom is 0.337 e. The molecule has 0 spiro atoms. The van der Waals surface area contributed by atoms with Crippen LogP contribution in [0.15, 0.2) is 66.7 Å². The van der Waals surface area contributed by atoms with E-state index in [-0.39, 0.29) is 16.7 Å². The SMILES string of the molecule is CCN(c1ccc2c(c1)C(C)(C)CCC2(C)C)c1ccccc1NC(=O)c1ccc(C(=O)OC)cc1. The summed E-state index contributed by atoms with van der Waals surface area (Å²) >= 11 is 0. The molecule has 0 aliphatic heterocycles. The van der Waals surface area contributed by atoms with Crippen LogP contribution in [-0.4, -0.2) is 25.5 Å². The van der Waals surface area contributed by atoms with Crippen LogP contribution in [0.1, 0.15) is 79.3 Å². The first kappa shape index (κ1) is 25.5. The van der Waals surface area contributed by atoms with E-state index >= 15 is 0 Å². The number of hydrogen-bond donors (Lipinski definition) is 1. The number of nitrogens with zero attached hydrogens (tertiary/aromatic N) is 1. The quantitative estimate of drug-likeness (QED) is 0.375. The average Bonchev–Trinajstić information content (AvgIpc) is 2.88. The minimum atomic E-state index is -0.428. The Kier molecular flexibility index (Phi) is 6.94. The molecular formula is C31H36N2O3. The summed E-state index contributed by atoms with van der Waals surface area (Å²) in [6.45, 7) is 12.2. The van der Waals surface area contributed by atoms with Crippen molar-refractivity contribution < 1.29 is 14.3 Å². The Hall–Kier alpha value is -3.60. The number of amides is 1. The number of benzene rings is 3. The van der Waals surface area contributed by atoms with Crippen molar-refractivity contribution in [2.75, 3.05) is 23.9 Å². The molecule has 188 valence electrons. The minimum Gasteiger partial charge on any atom is -0.465 e. The first-order valence-corrected chi connectivity index (χ1v) is 12.6. The van der Waals surface area contributed by atoms with Crippen LogP contribution in [0, 0.1) is 0 Å². The lowest BCUT2D eigenvalue weighted by molar-refractivity contribution is 0.0600. The highest BCUT2D eigenvalue weighted by atomic mass is 16.5. The lowest BCUT2D eigenvalue weighted by Crippen LogP contribution is -2.34. The van der Waals surface area contributed by atoms with Gasteiger partial charge in [-0.1, -0.05) is 45.9 Å². The number of carbonyl (C=O) groups excluding carboxylic acids is 2. The largest absolute Gasteiger partial charge is 0.465 e. The third kappa shape index (κ3) is 4.88. The summed E-state index contributed by atoms with van der Waals surface area (Å²) in [4.78, 5) is 27.0. The van der Waals surface area contributed by atoms with Gasteiger partial charge in [-0.3, -0.25) is 4.79 Å². The van der Waals surface area contributed by atoms with Crippen LogP contribution in [0.25, 0.3) is 0 Å². The second-order valence-corrected chi connectivity index (χ2v) is 10.8. The maximum absolute atomic E-state index is 13.1. The van der Waals surface area contributed by atoms with Crippen molar-refractivity contribution in [3.05, 3.63) is 89.0 Å². The molecule has 1 aliphatic carbocycles. The minimum absolute atomic E-state index is 0.115. The molecule has 36 heavy (non-hydrogen) atoms. The van der Waals surface area contributed by atoms with Crippen molar-refractivity contribution in [3.8, 4) is 0 Å². The standard InChI is InChI=1S/C31H36N2O3/c1-7-33(23-16-17-24-25(20-23)31(4,5)19-18-30(24,2)3)27-11-9-8-10-26(27)32-28(34)21-12-14-22(15-13-21)29(35)36-6/h8-17,20H,7,18-19H2,1-6H3,(H,32,34). The van der Waals surface area contributed by atoms with Crippen LogP contribution in [-0.2, 0) is 15.6 Å². The highest BCUT2D eigenvalue weighted by molar-refractivity contribution is 6.06. The molecule has 1 aliphatic rings. The Morgan fingerprint density at radius 3 is 2.11 bits per heavy atom. The summed E-state index contributed by atoms with van der Waals surface area (Å²) in [5, 5.41) is 3.07. The Labute approximate surface area is 214 Å². The molecule has 0 fully saturated rings. The zero-order chi connectivity index (χ0) is 26.1. The predicted octanol–water partition coefficient (Wildman–Crippen LogP) is 7.23. The van der Waals surface area contributed by atoms with Gasteiger partial charge in [0.05, 0.1) is 24.0 Å². The van der Waals surface area contributed by atoms with Crippen LogP contribution < -0.4 is 10.2 Å². The number of rotatable bonds is 6. The summed E-state index contributed by atoms with van der Waals surface area (Å²) in [6.07, 6.45) is 2.34. The van der Waals surface area contributed by atoms with Gasteiger partial charge in [-0.2, -0.15) is 0 Å². The highest BCUT2D eigenvalue weighted by Gasteiger charge is 2.37. The number of anilines is 3. The van der Waals surface area contributed by atoms with E-state index in [0.29, 0.717) is 11.1 Å². The third-order valence-corrected chi connectivity index (χ3v) is 7.48. The molecule has 0 atom stereocenters. The summed E-state index contributed by atoms with van der Waals surface area (Å²) in [5.41, 5.74) is 6.78. The van der Waals surface area contributed by atoms with E-state index in [4.69, 9.17) is 4.74 Å². The van der Waals surface area contributed by atoms with E-state index < -0.39 is 5.97 Å². The smallest absolute Gasteiger partial charge is 0.337 e. The number of para-hydroxylation sites is 2. The third-order valence-electron chi connectivity index (χ3n) is 7.48.